The van der Waals surface area contributed by atoms with Crippen LogP contribution < -0.4 is 0 Å². The van der Waals surface area contributed by atoms with Gasteiger partial charge in [-0.3, -0.25) is 14.4 Å². The van der Waals surface area contributed by atoms with Crippen molar-refractivity contribution in [1.82, 2.24) is 0 Å². The number of hydrogen-bond acceptors (Lipinski definition) is 6. The molecule has 6 heteroatoms. The first-order valence-electron chi connectivity index (χ1n) is 37.0. The quantitative estimate of drug-likeness (QED) is 0.0261. The second-order valence-corrected chi connectivity index (χ2v) is 25.2. The summed E-state index contributed by atoms with van der Waals surface area (Å²) >= 11 is 0. The van der Waals surface area contributed by atoms with Crippen molar-refractivity contribution in [3.63, 3.8) is 0 Å². The highest BCUT2D eigenvalue weighted by atomic mass is 16.6. The number of hydrogen-bond donors (Lipinski definition) is 0. The molecule has 0 aliphatic rings. The van der Waals surface area contributed by atoms with Gasteiger partial charge in [-0.15, -0.1) is 0 Å². The van der Waals surface area contributed by atoms with Crippen LogP contribution in [0.4, 0.5) is 0 Å². The molecule has 82 heavy (non-hydrogen) atoms. The van der Waals surface area contributed by atoms with Crippen LogP contribution in [0.25, 0.3) is 0 Å². The third-order valence-electron chi connectivity index (χ3n) is 16.9. The largest absolute Gasteiger partial charge is 0.462 e. The van der Waals surface area contributed by atoms with Gasteiger partial charge in [0.05, 0.1) is 0 Å². The van der Waals surface area contributed by atoms with Crippen LogP contribution in [0.2, 0.25) is 0 Å². The fraction of sp³-hybridized carbons (Fsp3) is 0.882. The molecule has 0 amide bonds. The molecule has 0 aliphatic heterocycles. The molecule has 482 valence electrons. The minimum atomic E-state index is -0.774. The van der Waals surface area contributed by atoms with Crippen LogP contribution in [0.5, 0.6) is 0 Å². The summed E-state index contributed by atoms with van der Waals surface area (Å²) in [6.45, 7) is 6.69. The summed E-state index contributed by atoms with van der Waals surface area (Å²) < 4.78 is 17.0. The number of ether oxygens (including phenoxy) is 3. The van der Waals surface area contributed by atoms with Gasteiger partial charge in [0.15, 0.2) is 6.10 Å². The van der Waals surface area contributed by atoms with E-state index in [0.29, 0.717) is 19.3 Å². The lowest BCUT2D eigenvalue weighted by Crippen LogP contribution is -2.30. The van der Waals surface area contributed by atoms with E-state index in [9.17, 15) is 14.4 Å². The van der Waals surface area contributed by atoms with Gasteiger partial charge < -0.3 is 14.2 Å². The summed E-state index contributed by atoms with van der Waals surface area (Å²) in [5, 5.41) is 0. The van der Waals surface area contributed by atoms with Crippen LogP contribution in [-0.2, 0) is 28.6 Å². The van der Waals surface area contributed by atoms with Crippen molar-refractivity contribution in [3.05, 3.63) is 36.5 Å². The van der Waals surface area contributed by atoms with Crippen molar-refractivity contribution in [2.75, 3.05) is 13.2 Å². The SMILES string of the molecule is CCCCC/C=C\C/C=C\CCCCCCCCCC(=O)OCC(COC(=O)CCCCCCCCCCCCCCCCC/C=C\CCCCCCCCCC)OC(=O)CCCCCCCCCCCCCCCCCCCCCC. The Morgan fingerprint density at radius 3 is 0.707 bits per heavy atom. The first-order chi connectivity index (χ1) is 40.5. The van der Waals surface area contributed by atoms with Crippen LogP contribution in [0.15, 0.2) is 36.5 Å². The summed E-state index contributed by atoms with van der Waals surface area (Å²) in [5.41, 5.74) is 0. The average molecular weight is 1150 g/mol. The molecule has 0 radical (unpaired) electrons. The van der Waals surface area contributed by atoms with E-state index in [1.54, 1.807) is 0 Å². The van der Waals surface area contributed by atoms with Gasteiger partial charge in [-0.25, -0.2) is 0 Å². The van der Waals surface area contributed by atoms with E-state index in [4.69, 9.17) is 14.2 Å². The van der Waals surface area contributed by atoms with Gasteiger partial charge in [-0.1, -0.05) is 353 Å². The smallest absolute Gasteiger partial charge is 0.306 e. The standard InChI is InChI=1S/C76H142O6/c1-4-7-10-13-16-19-22-25-28-31-33-35-36-37-38-39-40-41-43-45-48-51-54-57-60-63-66-69-75(78)81-72-73(71-80-74(77)68-65-62-59-56-53-50-47-44-30-27-24-21-18-15-12-9-6-3)82-76(79)70-67-64-61-58-55-52-49-46-42-34-32-29-26-23-20-17-14-11-8-5-2/h18,21,27,30-31,33,73H,4-17,19-20,22-26,28-29,32,34-72H2,1-3H3/b21-18-,30-27-,33-31-. The summed E-state index contributed by atoms with van der Waals surface area (Å²) in [6.07, 6.45) is 88.9. The van der Waals surface area contributed by atoms with Gasteiger partial charge in [0, 0.05) is 19.3 Å². The molecule has 0 aromatic carbocycles. The lowest BCUT2D eigenvalue weighted by molar-refractivity contribution is -0.167. The van der Waals surface area contributed by atoms with E-state index in [1.807, 2.05) is 0 Å². The fourth-order valence-electron chi connectivity index (χ4n) is 11.3. The molecule has 0 spiro atoms. The van der Waals surface area contributed by atoms with Gasteiger partial charge in [0.1, 0.15) is 13.2 Å². The summed E-state index contributed by atoms with van der Waals surface area (Å²) in [5.74, 6) is -0.844. The molecule has 6 nitrogen and oxygen atoms in total. The number of rotatable bonds is 69. The Hall–Kier alpha value is -2.37. The lowest BCUT2D eigenvalue weighted by atomic mass is 10.0. The molecular formula is C76H142O6. The first kappa shape index (κ1) is 79.6. The Bertz CT molecular complexity index is 1370. The highest BCUT2D eigenvalue weighted by molar-refractivity contribution is 5.71. The number of unbranched alkanes of at least 4 members (excludes halogenated alkanes) is 52. The predicted molar refractivity (Wildman–Crippen MR) is 358 cm³/mol. The minimum absolute atomic E-state index is 0.0691. The van der Waals surface area contributed by atoms with Crippen LogP contribution in [0.1, 0.15) is 412 Å². The number of carbonyl (C=O) groups excluding carboxylic acids is 3. The molecule has 0 aliphatic carbocycles. The lowest BCUT2D eigenvalue weighted by Gasteiger charge is -2.18. The Labute approximate surface area is 512 Å². The number of esters is 3. The van der Waals surface area contributed by atoms with Gasteiger partial charge in [-0.2, -0.15) is 0 Å². The van der Waals surface area contributed by atoms with Crippen LogP contribution >= 0.6 is 0 Å². The predicted octanol–water partition coefficient (Wildman–Crippen LogP) is 25.5. The third-order valence-corrected chi connectivity index (χ3v) is 16.9. The molecule has 0 N–H and O–H groups in total. The molecule has 0 saturated heterocycles. The topological polar surface area (TPSA) is 78.9 Å². The molecule has 0 fully saturated rings. The molecule has 0 bridgehead atoms. The Morgan fingerprint density at radius 2 is 0.439 bits per heavy atom. The number of allylic oxidation sites excluding steroid dienone is 6. The molecule has 0 heterocycles. The summed E-state index contributed by atoms with van der Waals surface area (Å²) in [4.78, 5) is 38.5. The highest BCUT2D eigenvalue weighted by Crippen LogP contribution is 2.19. The molecule has 1 unspecified atom stereocenters. The van der Waals surface area contributed by atoms with Gasteiger partial charge >= 0.3 is 17.9 Å². The first-order valence-corrected chi connectivity index (χ1v) is 37.0. The van der Waals surface area contributed by atoms with Crippen molar-refractivity contribution in [1.29, 1.82) is 0 Å². The van der Waals surface area contributed by atoms with Crippen LogP contribution in [0, 0.1) is 0 Å². The third kappa shape index (κ3) is 68.4. The van der Waals surface area contributed by atoms with E-state index in [1.165, 1.54) is 302 Å². The summed E-state index contributed by atoms with van der Waals surface area (Å²) in [6, 6.07) is 0. The van der Waals surface area contributed by atoms with Gasteiger partial charge in [-0.05, 0) is 77.0 Å². The monoisotopic (exact) mass is 1150 g/mol. The second-order valence-electron chi connectivity index (χ2n) is 25.2. The molecule has 1 atom stereocenters. The van der Waals surface area contributed by atoms with E-state index in [-0.39, 0.29) is 31.1 Å². The van der Waals surface area contributed by atoms with Crippen molar-refractivity contribution >= 4 is 17.9 Å². The number of carbonyl (C=O) groups is 3. The van der Waals surface area contributed by atoms with E-state index < -0.39 is 6.10 Å². The zero-order chi connectivity index (χ0) is 59.2. The van der Waals surface area contributed by atoms with Gasteiger partial charge in [0.25, 0.3) is 0 Å². The maximum absolute atomic E-state index is 13.0. The Morgan fingerprint density at radius 1 is 0.244 bits per heavy atom. The van der Waals surface area contributed by atoms with E-state index >= 15 is 0 Å². The Kier molecular flexibility index (Phi) is 69.1. The maximum Gasteiger partial charge on any atom is 0.306 e. The summed E-state index contributed by atoms with van der Waals surface area (Å²) in [7, 11) is 0. The normalized spacial score (nSPS) is 12.2. The van der Waals surface area contributed by atoms with Crippen molar-refractivity contribution in [3.8, 4) is 0 Å². The average Bonchev–Trinajstić information content (AvgIpc) is 3.47. The molecule has 0 aromatic rings. The van der Waals surface area contributed by atoms with Crippen molar-refractivity contribution < 1.29 is 28.6 Å². The van der Waals surface area contributed by atoms with Crippen LogP contribution in [-0.4, -0.2) is 37.2 Å². The van der Waals surface area contributed by atoms with Gasteiger partial charge in [0.2, 0.25) is 0 Å². The van der Waals surface area contributed by atoms with E-state index in [2.05, 4.69) is 57.2 Å². The molecule has 0 rings (SSSR count). The minimum Gasteiger partial charge on any atom is -0.462 e. The van der Waals surface area contributed by atoms with E-state index in [0.717, 1.165) is 70.6 Å². The zero-order valence-electron chi connectivity index (χ0n) is 55.5. The highest BCUT2D eigenvalue weighted by Gasteiger charge is 2.20. The fourth-order valence-corrected chi connectivity index (χ4v) is 11.3. The zero-order valence-corrected chi connectivity index (χ0v) is 55.5. The maximum atomic E-state index is 13.0. The van der Waals surface area contributed by atoms with Crippen LogP contribution in [0.3, 0.4) is 0 Å². The molecular weight excluding hydrogens is 1010 g/mol. The van der Waals surface area contributed by atoms with Crippen molar-refractivity contribution in [2.24, 2.45) is 0 Å². The Balaban J connectivity index is 4.26. The molecule has 0 aromatic heterocycles. The molecule has 0 saturated carbocycles. The second kappa shape index (κ2) is 71.1. The van der Waals surface area contributed by atoms with Crippen molar-refractivity contribution in [2.45, 2.75) is 419 Å².